The molecule has 2 atom stereocenters. The zero-order valence-electron chi connectivity index (χ0n) is 17.2. The second-order valence-electron chi connectivity index (χ2n) is 7.92. The van der Waals surface area contributed by atoms with Crippen molar-refractivity contribution in [2.45, 2.75) is 42.2 Å². The summed E-state index contributed by atoms with van der Waals surface area (Å²) in [5.41, 5.74) is 3.31. The molecule has 0 saturated carbocycles. The lowest BCUT2D eigenvalue weighted by atomic mass is 9.91. The van der Waals surface area contributed by atoms with Crippen LogP contribution in [0.1, 0.15) is 47.6 Å². The first-order chi connectivity index (χ1) is 14.9. The third-order valence-electron chi connectivity index (χ3n) is 5.86. The van der Waals surface area contributed by atoms with Gasteiger partial charge in [0, 0.05) is 10.7 Å². The molecule has 0 saturated heterocycles. The molecular formula is C25H24ClNO3S. The quantitative estimate of drug-likeness (QED) is 0.520. The highest BCUT2D eigenvalue weighted by Gasteiger charge is 2.33. The van der Waals surface area contributed by atoms with Crippen molar-refractivity contribution < 1.29 is 13.2 Å². The monoisotopic (exact) mass is 453 g/mol. The topological polar surface area (TPSA) is 63.2 Å². The Morgan fingerprint density at radius 3 is 2.55 bits per heavy atom. The predicted molar refractivity (Wildman–Crippen MR) is 124 cm³/mol. The minimum absolute atomic E-state index is 0.129. The van der Waals surface area contributed by atoms with Crippen LogP contribution in [-0.4, -0.2) is 14.3 Å². The zero-order valence-corrected chi connectivity index (χ0v) is 18.8. The van der Waals surface area contributed by atoms with Crippen molar-refractivity contribution in [3.63, 3.8) is 0 Å². The first-order valence-electron chi connectivity index (χ1n) is 10.3. The second-order valence-corrected chi connectivity index (χ2v) is 10.5. The Balaban J connectivity index is 1.63. The van der Waals surface area contributed by atoms with Crippen LogP contribution >= 0.6 is 11.6 Å². The summed E-state index contributed by atoms with van der Waals surface area (Å²) in [6.45, 7) is 1.86. The summed E-state index contributed by atoms with van der Waals surface area (Å²) in [5.74, 6) is -0.445. The molecule has 4 rings (SSSR count). The molecule has 0 spiro atoms. The summed E-state index contributed by atoms with van der Waals surface area (Å²) in [7, 11) is -3.60. The summed E-state index contributed by atoms with van der Waals surface area (Å²) in [5, 5.41) is 2.70. The van der Waals surface area contributed by atoms with Crippen molar-refractivity contribution in [3.05, 3.63) is 94.5 Å². The zero-order chi connectivity index (χ0) is 22.0. The van der Waals surface area contributed by atoms with E-state index in [4.69, 9.17) is 11.6 Å². The number of fused-ring (bicyclic) bond motifs is 1. The van der Waals surface area contributed by atoms with Crippen molar-refractivity contribution in [1.29, 1.82) is 0 Å². The van der Waals surface area contributed by atoms with Gasteiger partial charge in [0.25, 0.3) is 0 Å². The van der Waals surface area contributed by atoms with Gasteiger partial charge in [-0.05, 0) is 73.2 Å². The van der Waals surface area contributed by atoms with Crippen molar-refractivity contribution in [3.8, 4) is 0 Å². The molecule has 0 heterocycles. The molecule has 0 fully saturated rings. The molecule has 1 amide bonds. The van der Waals surface area contributed by atoms with E-state index in [1.54, 1.807) is 18.2 Å². The molecule has 0 aliphatic heterocycles. The highest BCUT2D eigenvalue weighted by Crippen LogP contribution is 2.40. The number of hydrogen-bond donors (Lipinski definition) is 1. The average Bonchev–Trinajstić information content (AvgIpc) is 2.78. The molecule has 4 nitrogen and oxygen atoms in total. The maximum Gasteiger partial charge on any atom is 0.231 e. The van der Waals surface area contributed by atoms with Crippen LogP contribution in [0.4, 0.5) is 5.69 Å². The van der Waals surface area contributed by atoms with Crippen LogP contribution in [0, 0.1) is 0 Å². The molecule has 3 aromatic carbocycles. The fourth-order valence-electron chi connectivity index (χ4n) is 4.11. The minimum atomic E-state index is -3.60. The van der Waals surface area contributed by atoms with E-state index in [0.717, 1.165) is 29.5 Å². The molecule has 0 aromatic heterocycles. The lowest BCUT2D eigenvalue weighted by Gasteiger charge is -2.26. The van der Waals surface area contributed by atoms with E-state index in [2.05, 4.69) is 5.32 Å². The van der Waals surface area contributed by atoms with Crippen LogP contribution in [0.2, 0.25) is 5.02 Å². The van der Waals surface area contributed by atoms with Crippen molar-refractivity contribution >= 4 is 33.0 Å². The lowest BCUT2D eigenvalue weighted by Crippen LogP contribution is -2.21. The van der Waals surface area contributed by atoms with E-state index in [1.165, 1.54) is 6.07 Å². The fraction of sp³-hybridized carbons (Fsp3) is 0.240. The molecule has 0 radical (unpaired) electrons. The number of hydrogen-bond acceptors (Lipinski definition) is 3. The molecule has 160 valence electrons. The normalized spacial score (nSPS) is 16.9. The summed E-state index contributed by atoms with van der Waals surface area (Å²) in [4.78, 5) is 13.0. The number of carbonyl (C=O) groups excluding carboxylic acids is 1. The lowest BCUT2D eigenvalue weighted by molar-refractivity contribution is -0.117. The van der Waals surface area contributed by atoms with Gasteiger partial charge in [-0.2, -0.15) is 0 Å². The second kappa shape index (κ2) is 8.85. The van der Waals surface area contributed by atoms with Crippen LogP contribution in [0.5, 0.6) is 0 Å². The number of amides is 1. The van der Waals surface area contributed by atoms with Crippen LogP contribution in [0.25, 0.3) is 0 Å². The smallest absolute Gasteiger partial charge is 0.231 e. The number of benzene rings is 3. The van der Waals surface area contributed by atoms with Gasteiger partial charge in [-0.15, -0.1) is 0 Å². The maximum atomic E-state index is 13.4. The van der Waals surface area contributed by atoms with Gasteiger partial charge in [0.15, 0.2) is 9.84 Å². The van der Waals surface area contributed by atoms with Crippen LogP contribution in [0.3, 0.4) is 0 Å². The molecule has 1 unspecified atom stereocenters. The van der Waals surface area contributed by atoms with Crippen molar-refractivity contribution in [1.82, 2.24) is 0 Å². The van der Waals surface area contributed by atoms with Gasteiger partial charge in [0.05, 0.1) is 16.1 Å². The summed E-state index contributed by atoms with van der Waals surface area (Å²) >= 11 is 6.04. The molecule has 1 aliphatic carbocycles. The maximum absolute atomic E-state index is 13.4. The standard InChI is InChI=1S/C25H24ClNO3S/c1-17(18-7-3-2-4-8-18)25(28)27-21-14-13-19-9-5-12-24(23(19)16-21)31(29,30)22-11-6-10-20(26)15-22/h2-4,6-8,10-11,13-17,24H,5,9,12H2,1H3,(H,27,28)/t17-,24?/m0/s1. The van der Waals surface area contributed by atoms with Gasteiger partial charge < -0.3 is 5.32 Å². The molecule has 3 aromatic rings. The van der Waals surface area contributed by atoms with Crippen molar-refractivity contribution in [2.24, 2.45) is 0 Å². The number of halogens is 1. The SMILES string of the molecule is C[C@H](C(=O)Nc1ccc2c(c1)C(S(=O)(=O)c1cccc(Cl)c1)CCC2)c1ccccc1. The predicted octanol–water partition coefficient (Wildman–Crippen LogP) is 5.93. The highest BCUT2D eigenvalue weighted by atomic mass is 35.5. The fourth-order valence-corrected chi connectivity index (χ4v) is 6.28. The Labute approximate surface area is 188 Å². The molecular weight excluding hydrogens is 430 g/mol. The number of sulfone groups is 1. The summed E-state index contributed by atoms with van der Waals surface area (Å²) < 4.78 is 26.8. The first kappa shape index (κ1) is 21.6. The third-order valence-corrected chi connectivity index (χ3v) is 8.25. The average molecular weight is 454 g/mol. The first-order valence-corrected chi connectivity index (χ1v) is 12.3. The van der Waals surface area contributed by atoms with Crippen LogP contribution in [0.15, 0.2) is 77.7 Å². The van der Waals surface area contributed by atoms with Gasteiger partial charge in [-0.1, -0.05) is 54.1 Å². The molecule has 1 aliphatic rings. The van der Waals surface area contributed by atoms with Crippen LogP contribution < -0.4 is 5.32 Å². The number of nitrogens with one attached hydrogen (secondary N) is 1. The Kier molecular flexibility index (Phi) is 6.17. The van der Waals surface area contributed by atoms with E-state index in [1.807, 2.05) is 55.5 Å². The Morgan fingerprint density at radius 2 is 1.81 bits per heavy atom. The molecule has 0 bridgehead atoms. The molecule has 1 N–H and O–H groups in total. The van der Waals surface area contributed by atoms with Gasteiger partial charge in [0.2, 0.25) is 5.91 Å². The number of anilines is 1. The third kappa shape index (κ3) is 4.53. The van der Waals surface area contributed by atoms with E-state index < -0.39 is 15.1 Å². The molecule has 6 heteroatoms. The Morgan fingerprint density at radius 1 is 1.03 bits per heavy atom. The van der Waals surface area contributed by atoms with Crippen LogP contribution in [-0.2, 0) is 21.1 Å². The van der Waals surface area contributed by atoms with E-state index in [-0.39, 0.29) is 16.7 Å². The van der Waals surface area contributed by atoms with Gasteiger partial charge >= 0.3 is 0 Å². The Hall–Kier alpha value is -2.63. The van der Waals surface area contributed by atoms with Gasteiger partial charge in [0.1, 0.15) is 0 Å². The molecule has 31 heavy (non-hydrogen) atoms. The van der Waals surface area contributed by atoms with Gasteiger partial charge in [-0.3, -0.25) is 4.79 Å². The summed E-state index contributed by atoms with van der Waals surface area (Å²) in [6, 6.07) is 21.6. The number of aryl methyl sites for hydroxylation is 1. The summed E-state index contributed by atoms with van der Waals surface area (Å²) in [6.07, 6.45) is 2.17. The van der Waals surface area contributed by atoms with E-state index >= 15 is 0 Å². The Bertz CT molecular complexity index is 1210. The van der Waals surface area contributed by atoms with E-state index in [0.29, 0.717) is 17.1 Å². The minimum Gasteiger partial charge on any atom is -0.326 e. The van der Waals surface area contributed by atoms with Gasteiger partial charge in [-0.25, -0.2) is 8.42 Å². The number of rotatable bonds is 5. The van der Waals surface area contributed by atoms with E-state index in [9.17, 15) is 13.2 Å². The van der Waals surface area contributed by atoms with Crippen molar-refractivity contribution in [2.75, 3.05) is 5.32 Å². The largest absolute Gasteiger partial charge is 0.326 e. The highest BCUT2D eigenvalue weighted by molar-refractivity contribution is 7.91. The number of carbonyl (C=O) groups is 1.